The largest absolute Gasteiger partial charge is 0.466 e. The van der Waals surface area contributed by atoms with Gasteiger partial charge in [0.2, 0.25) is 11.8 Å². The Morgan fingerprint density at radius 2 is 2.09 bits per heavy atom. The minimum atomic E-state index is -1.04. The average molecular weight is 471 g/mol. The Balaban J connectivity index is 1.68. The third kappa shape index (κ3) is 4.14. The van der Waals surface area contributed by atoms with Crippen LogP contribution < -0.4 is 0 Å². The van der Waals surface area contributed by atoms with Gasteiger partial charge in [-0.1, -0.05) is 36.4 Å². The highest BCUT2D eigenvalue weighted by Gasteiger charge is 2.74. The number of aliphatic hydroxyl groups excluding tert-OH is 1. The summed E-state index contributed by atoms with van der Waals surface area (Å²) in [4.78, 5) is 43.9. The molecule has 1 spiro atoms. The Labute approximate surface area is 200 Å². The van der Waals surface area contributed by atoms with Crippen LogP contribution in [0.1, 0.15) is 38.2 Å². The SMILES string of the molecule is C=CCN(Cc1ccccc1)C(=O)C1N(CCCCO)C(=O)[C@@H]2[C@H](C(=O)OCC)[C@@H]3CCC12O3. The van der Waals surface area contributed by atoms with Crippen LogP contribution in [-0.2, 0) is 30.4 Å². The molecule has 184 valence electrons. The van der Waals surface area contributed by atoms with Gasteiger partial charge in [0, 0.05) is 26.2 Å². The van der Waals surface area contributed by atoms with E-state index in [1.807, 2.05) is 30.3 Å². The number of rotatable bonds is 11. The van der Waals surface area contributed by atoms with Crippen LogP contribution in [0.3, 0.4) is 0 Å². The summed E-state index contributed by atoms with van der Waals surface area (Å²) in [5.41, 5.74) is -0.0603. The number of benzene rings is 1. The lowest BCUT2D eigenvalue weighted by Crippen LogP contribution is -2.56. The van der Waals surface area contributed by atoms with Crippen LogP contribution in [0, 0.1) is 11.8 Å². The molecule has 0 aliphatic carbocycles. The molecule has 4 rings (SSSR count). The second-order valence-electron chi connectivity index (χ2n) is 9.26. The fourth-order valence-electron chi connectivity index (χ4n) is 5.94. The summed E-state index contributed by atoms with van der Waals surface area (Å²) in [7, 11) is 0. The normalized spacial score (nSPS) is 29.2. The van der Waals surface area contributed by atoms with Crippen LogP contribution in [0.15, 0.2) is 43.0 Å². The van der Waals surface area contributed by atoms with Gasteiger partial charge in [0.1, 0.15) is 11.6 Å². The standard InChI is InChI=1S/C26H34N2O6/c1-3-14-27(17-18-10-6-5-7-11-18)24(31)22-26-13-12-19(34-26)20(25(32)33-4-2)21(26)23(30)28(22)15-8-9-16-29/h3,5-7,10-11,19-22,29H,1,4,8-9,12-17H2,2H3/t19-,20+,21-,22?,26?/m0/s1. The maximum absolute atomic E-state index is 14.1. The quantitative estimate of drug-likeness (QED) is 0.302. The monoisotopic (exact) mass is 470 g/mol. The molecule has 1 aromatic rings. The van der Waals surface area contributed by atoms with Crippen LogP contribution in [0.4, 0.5) is 0 Å². The lowest BCUT2D eigenvalue weighted by atomic mass is 9.70. The minimum Gasteiger partial charge on any atom is -0.466 e. The first kappa shape index (κ1) is 24.4. The zero-order valence-corrected chi connectivity index (χ0v) is 19.7. The summed E-state index contributed by atoms with van der Waals surface area (Å²) in [5.74, 6) is -2.27. The number of hydrogen-bond acceptors (Lipinski definition) is 6. The van der Waals surface area contributed by atoms with E-state index in [-0.39, 0.29) is 25.0 Å². The molecule has 3 heterocycles. The van der Waals surface area contributed by atoms with E-state index < -0.39 is 35.6 Å². The number of fused-ring (bicyclic) bond motifs is 1. The fourth-order valence-corrected chi connectivity index (χ4v) is 5.94. The summed E-state index contributed by atoms with van der Waals surface area (Å²) in [6, 6.07) is 8.86. The maximum Gasteiger partial charge on any atom is 0.312 e. The molecule has 2 bridgehead atoms. The summed E-state index contributed by atoms with van der Waals surface area (Å²) in [6.07, 6.45) is 3.50. The molecular weight excluding hydrogens is 436 g/mol. The first-order valence-corrected chi connectivity index (χ1v) is 12.2. The van der Waals surface area contributed by atoms with Crippen molar-refractivity contribution in [2.24, 2.45) is 11.8 Å². The van der Waals surface area contributed by atoms with Gasteiger partial charge < -0.3 is 24.4 Å². The van der Waals surface area contributed by atoms with Gasteiger partial charge in [-0.15, -0.1) is 6.58 Å². The van der Waals surface area contributed by atoms with Crippen molar-refractivity contribution in [2.75, 3.05) is 26.3 Å². The third-order valence-electron chi connectivity index (χ3n) is 7.28. The van der Waals surface area contributed by atoms with Crippen molar-refractivity contribution in [2.45, 2.75) is 56.9 Å². The summed E-state index contributed by atoms with van der Waals surface area (Å²) in [5, 5.41) is 9.27. The van der Waals surface area contributed by atoms with E-state index in [1.54, 1.807) is 22.8 Å². The molecule has 3 aliphatic heterocycles. The summed E-state index contributed by atoms with van der Waals surface area (Å²) >= 11 is 0. The number of aliphatic hydroxyl groups is 1. The molecule has 3 saturated heterocycles. The van der Waals surface area contributed by atoms with E-state index in [9.17, 15) is 19.5 Å². The first-order valence-electron chi connectivity index (χ1n) is 12.2. The van der Waals surface area contributed by atoms with E-state index in [0.717, 1.165) is 5.56 Å². The molecule has 8 heteroatoms. The number of esters is 1. The molecule has 1 N–H and O–H groups in total. The maximum atomic E-state index is 14.1. The Kier molecular flexibility index (Phi) is 7.38. The average Bonchev–Trinajstić information content (AvgIpc) is 3.47. The van der Waals surface area contributed by atoms with Gasteiger partial charge in [-0.05, 0) is 38.2 Å². The minimum absolute atomic E-state index is 0.00976. The van der Waals surface area contributed by atoms with Crippen molar-refractivity contribution < 1.29 is 29.0 Å². The Hall–Kier alpha value is -2.71. The van der Waals surface area contributed by atoms with Crippen LogP contribution in [0.2, 0.25) is 0 Å². The predicted octanol–water partition coefficient (Wildman–Crippen LogP) is 1.91. The highest BCUT2D eigenvalue weighted by molar-refractivity contribution is 5.98. The van der Waals surface area contributed by atoms with Crippen molar-refractivity contribution in [3.8, 4) is 0 Å². The number of likely N-dealkylation sites (tertiary alicyclic amines) is 1. The molecule has 8 nitrogen and oxygen atoms in total. The second kappa shape index (κ2) is 10.3. The number of carbonyl (C=O) groups excluding carboxylic acids is 3. The predicted molar refractivity (Wildman–Crippen MR) is 124 cm³/mol. The van der Waals surface area contributed by atoms with Crippen molar-refractivity contribution in [1.82, 2.24) is 9.80 Å². The lowest BCUT2D eigenvalue weighted by Gasteiger charge is -2.36. The highest BCUT2D eigenvalue weighted by atomic mass is 16.6. The number of hydrogen-bond donors (Lipinski definition) is 1. The van der Waals surface area contributed by atoms with Crippen LogP contribution in [0.5, 0.6) is 0 Å². The van der Waals surface area contributed by atoms with Crippen LogP contribution >= 0.6 is 0 Å². The highest BCUT2D eigenvalue weighted by Crippen LogP contribution is 2.58. The lowest BCUT2D eigenvalue weighted by molar-refractivity contribution is -0.155. The van der Waals surface area contributed by atoms with Gasteiger partial charge in [-0.2, -0.15) is 0 Å². The van der Waals surface area contributed by atoms with Gasteiger partial charge in [-0.25, -0.2) is 0 Å². The molecule has 34 heavy (non-hydrogen) atoms. The molecule has 5 atom stereocenters. The molecule has 2 amide bonds. The van der Waals surface area contributed by atoms with Crippen LogP contribution in [-0.4, -0.2) is 76.7 Å². The molecule has 0 saturated carbocycles. The van der Waals surface area contributed by atoms with E-state index in [4.69, 9.17) is 9.47 Å². The smallest absolute Gasteiger partial charge is 0.312 e. The molecule has 1 aromatic carbocycles. The van der Waals surface area contributed by atoms with E-state index in [2.05, 4.69) is 6.58 Å². The van der Waals surface area contributed by atoms with Gasteiger partial charge in [0.25, 0.3) is 0 Å². The second-order valence-corrected chi connectivity index (χ2v) is 9.26. The van der Waals surface area contributed by atoms with Crippen LogP contribution in [0.25, 0.3) is 0 Å². The van der Waals surface area contributed by atoms with Crippen molar-refractivity contribution >= 4 is 17.8 Å². The van der Waals surface area contributed by atoms with E-state index >= 15 is 0 Å². The van der Waals surface area contributed by atoms with Crippen molar-refractivity contribution in [3.05, 3.63) is 48.6 Å². The molecule has 3 aliphatic rings. The zero-order valence-electron chi connectivity index (χ0n) is 19.7. The Morgan fingerprint density at radius 3 is 2.76 bits per heavy atom. The molecule has 2 unspecified atom stereocenters. The number of amides is 2. The molecular formula is C26H34N2O6. The van der Waals surface area contributed by atoms with Crippen molar-refractivity contribution in [1.29, 1.82) is 0 Å². The Bertz CT molecular complexity index is 921. The number of ether oxygens (including phenoxy) is 2. The number of nitrogens with zero attached hydrogens (tertiary/aromatic N) is 2. The summed E-state index contributed by atoms with van der Waals surface area (Å²) < 4.78 is 11.7. The van der Waals surface area contributed by atoms with Gasteiger partial charge >= 0.3 is 5.97 Å². The topological polar surface area (TPSA) is 96.4 Å². The summed E-state index contributed by atoms with van der Waals surface area (Å²) in [6.45, 7) is 6.83. The van der Waals surface area contributed by atoms with E-state index in [0.29, 0.717) is 45.3 Å². The number of carbonyl (C=O) groups is 3. The Morgan fingerprint density at radius 1 is 1.32 bits per heavy atom. The van der Waals surface area contributed by atoms with Gasteiger partial charge in [0.05, 0.1) is 24.5 Å². The molecule has 0 aromatic heterocycles. The van der Waals surface area contributed by atoms with Gasteiger partial charge in [-0.3, -0.25) is 14.4 Å². The fraction of sp³-hybridized carbons (Fsp3) is 0.577. The third-order valence-corrected chi connectivity index (χ3v) is 7.28. The van der Waals surface area contributed by atoms with Crippen molar-refractivity contribution in [3.63, 3.8) is 0 Å². The number of unbranched alkanes of at least 4 members (excludes halogenated alkanes) is 1. The van der Waals surface area contributed by atoms with E-state index in [1.165, 1.54) is 0 Å². The van der Waals surface area contributed by atoms with Gasteiger partial charge in [0.15, 0.2) is 0 Å². The first-order chi connectivity index (χ1) is 16.5. The zero-order chi connectivity index (χ0) is 24.3. The molecule has 3 fully saturated rings. The molecule has 0 radical (unpaired) electrons.